The molecule has 4 aliphatic heterocycles. The van der Waals surface area contributed by atoms with Crippen LogP contribution in [-0.4, -0.2) is 48.9 Å². The molecule has 0 N–H and O–H groups in total. The van der Waals surface area contributed by atoms with Gasteiger partial charge in [0.1, 0.15) is 11.3 Å². The smallest absolute Gasteiger partial charge is 0.252 e. The molecule has 0 aromatic heterocycles. The zero-order valence-electron chi connectivity index (χ0n) is 19.1. The lowest BCUT2D eigenvalue weighted by Gasteiger charge is -2.37. The molecule has 2 aromatic rings. The molecule has 4 unspecified atom stereocenters. The SMILES string of the molecule is CCOc1ccc(N2C(=O)C3C4CCCN4C4(C(=O)N(C)c5ccc(C)cc54)C3C2=O)cc1. The molecule has 6 rings (SSSR count). The van der Waals surface area contributed by atoms with Gasteiger partial charge in [0.05, 0.1) is 24.1 Å². The van der Waals surface area contributed by atoms with E-state index in [1.807, 2.05) is 32.0 Å². The Labute approximate surface area is 192 Å². The van der Waals surface area contributed by atoms with Crippen LogP contribution in [0.3, 0.4) is 0 Å². The van der Waals surface area contributed by atoms with Crippen molar-refractivity contribution in [1.29, 1.82) is 0 Å². The van der Waals surface area contributed by atoms with Crippen LogP contribution in [0.2, 0.25) is 0 Å². The zero-order valence-corrected chi connectivity index (χ0v) is 19.1. The summed E-state index contributed by atoms with van der Waals surface area (Å²) in [6.07, 6.45) is 1.73. The Morgan fingerprint density at radius 2 is 1.82 bits per heavy atom. The molecule has 0 bridgehead atoms. The molecular formula is C26H27N3O4. The Morgan fingerprint density at radius 1 is 1.06 bits per heavy atom. The number of ether oxygens (including phenoxy) is 1. The highest BCUT2D eigenvalue weighted by Gasteiger charge is 2.75. The summed E-state index contributed by atoms with van der Waals surface area (Å²) in [6, 6.07) is 12.9. The van der Waals surface area contributed by atoms with Gasteiger partial charge in [0, 0.05) is 24.3 Å². The van der Waals surface area contributed by atoms with Gasteiger partial charge in [-0.1, -0.05) is 17.7 Å². The van der Waals surface area contributed by atoms with E-state index in [9.17, 15) is 14.4 Å². The first-order valence-corrected chi connectivity index (χ1v) is 11.7. The Hall–Kier alpha value is -3.19. The first-order chi connectivity index (χ1) is 15.9. The number of carbonyl (C=O) groups excluding carboxylic acids is 3. The number of fused-ring (bicyclic) bond motifs is 7. The number of amides is 3. The topological polar surface area (TPSA) is 70.2 Å². The molecule has 2 aromatic carbocycles. The molecule has 1 spiro atoms. The molecule has 3 saturated heterocycles. The summed E-state index contributed by atoms with van der Waals surface area (Å²) in [5.74, 6) is -1.12. The van der Waals surface area contributed by atoms with Crippen molar-refractivity contribution >= 4 is 29.1 Å². The number of rotatable bonds is 3. The van der Waals surface area contributed by atoms with Crippen molar-refractivity contribution in [3.8, 4) is 5.75 Å². The van der Waals surface area contributed by atoms with E-state index < -0.39 is 17.4 Å². The number of nitrogens with zero attached hydrogens (tertiary/aromatic N) is 3. The van der Waals surface area contributed by atoms with Crippen LogP contribution in [0, 0.1) is 18.8 Å². The molecule has 0 saturated carbocycles. The quantitative estimate of drug-likeness (QED) is 0.680. The fraction of sp³-hybridized carbons (Fsp3) is 0.423. The average molecular weight is 446 g/mol. The van der Waals surface area contributed by atoms with E-state index in [1.165, 1.54) is 4.90 Å². The average Bonchev–Trinajstić information content (AvgIpc) is 3.49. The highest BCUT2D eigenvalue weighted by molar-refractivity contribution is 6.26. The third-order valence-corrected chi connectivity index (χ3v) is 7.93. The van der Waals surface area contributed by atoms with Gasteiger partial charge in [-0.25, -0.2) is 4.90 Å². The molecule has 3 fully saturated rings. The minimum atomic E-state index is -1.12. The van der Waals surface area contributed by atoms with Crippen molar-refractivity contribution in [2.45, 2.75) is 38.3 Å². The highest BCUT2D eigenvalue weighted by Crippen LogP contribution is 2.61. The lowest BCUT2D eigenvalue weighted by Crippen LogP contribution is -2.55. The number of hydrogen-bond donors (Lipinski definition) is 0. The zero-order chi connectivity index (χ0) is 23.1. The monoisotopic (exact) mass is 445 g/mol. The molecular weight excluding hydrogens is 418 g/mol. The van der Waals surface area contributed by atoms with Crippen LogP contribution in [-0.2, 0) is 19.9 Å². The molecule has 4 aliphatic rings. The minimum absolute atomic E-state index is 0.0998. The van der Waals surface area contributed by atoms with Gasteiger partial charge in [0.15, 0.2) is 0 Å². The second-order valence-electron chi connectivity index (χ2n) is 9.50. The summed E-state index contributed by atoms with van der Waals surface area (Å²) in [6.45, 7) is 5.16. The van der Waals surface area contributed by atoms with Crippen molar-refractivity contribution in [3.63, 3.8) is 0 Å². The third kappa shape index (κ3) is 2.40. The number of hydrogen-bond acceptors (Lipinski definition) is 5. The maximum Gasteiger partial charge on any atom is 0.252 e. The van der Waals surface area contributed by atoms with E-state index in [0.717, 1.165) is 29.7 Å². The van der Waals surface area contributed by atoms with Crippen molar-refractivity contribution in [3.05, 3.63) is 53.6 Å². The predicted octanol–water partition coefficient (Wildman–Crippen LogP) is 2.85. The van der Waals surface area contributed by atoms with Crippen molar-refractivity contribution in [2.75, 3.05) is 30.0 Å². The van der Waals surface area contributed by atoms with Crippen molar-refractivity contribution in [2.24, 2.45) is 11.8 Å². The van der Waals surface area contributed by atoms with Gasteiger partial charge >= 0.3 is 0 Å². The van der Waals surface area contributed by atoms with Crippen LogP contribution in [0.1, 0.15) is 30.9 Å². The molecule has 3 amide bonds. The van der Waals surface area contributed by atoms with Crippen LogP contribution in [0.25, 0.3) is 0 Å². The Balaban J connectivity index is 1.51. The van der Waals surface area contributed by atoms with Crippen LogP contribution < -0.4 is 14.5 Å². The minimum Gasteiger partial charge on any atom is -0.494 e. The fourth-order valence-electron chi connectivity index (χ4n) is 6.72. The number of aryl methyl sites for hydroxylation is 1. The summed E-state index contributed by atoms with van der Waals surface area (Å²) in [5.41, 5.74) is 2.15. The number of imide groups is 1. The van der Waals surface area contributed by atoms with Gasteiger partial charge in [0.2, 0.25) is 11.8 Å². The van der Waals surface area contributed by atoms with Crippen molar-refractivity contribution < 1.29 is 19.1 Å². The lowest BCUT2D eigenvalue weighted by molar-refractivity contribution is -0.136. The predicted molar refractivity (Wildman–Crippen MR) is 123 cm³/mol. The fourth-order valence-corrected chi connectivity index (χ4v) is 6.72. The number of benzene rings is 2. The largest absolute Gasteiger partial charge is 0.494 e. The van der Waals surface area contributed by atoms with Gasteiger partial charge < -0.3 is 9.64 Å². The molecule has 4 heterocycles. The van der Waals surface area contributed by atoms with Crippen LogP contribution in [0.5, 0.6) is 5.75 Å². The molecule has 170 valence electrons. The molecule has 4 atom stereocenters. The van der Waals surface area contributed by atoms with Crippen LogP contribution in [0.15, 0.2) is 42.5 Å². The number of anilines is 2. The van der Waals surface area contributed by atoms with Gasteiger partial charge in [0.25, 0.3) is 5.91 Å². The summed E-state index contributed by atoms with van der Waals surface area (Å²) in [4.78, 5) is 46.9. The summed E-state index contributed by atoms with van der Waals surface area (Å²) < 4.78 is 5.52. The third-order valence-electron chi connectivity index (χ3n) is 7.93. The standard InChI is InChI=1S/C26H27N3O4/c1-4-33-17-10-8-16(9-11-17)29-23(30)21-20-6-5-13-28(20)26(22(21)24(29)31)18-14-15(2)7-12-19(18)27(3)25(26)32/h7-12,14,20-22H,4-6,13H2,1-3H3. The summed E-state index contributed by atoms with van der Waals surface area (Å²) in [7, 11) is 1.77. The van der Waals surface area contributed by atoms with Crippen LogP contribution in [0.4, 0.5) is 11.4 Å². The van der Waals surface area contributed by atoms with E-state index in [4.69, 9.17) is 4.74 Å². The highest BCUT2D eigenvalue weighted by atomic mass is 16.5. The normalized spacial score (nSPS) is 30.4. The van der Waals surface area contributed by atoms with Crippen LogP contribution >= 0.6 is 0 Å². The molecule has 0 radical (unpaired) electrons. The second kappa shape index (κ2) is 6.90. The molecule has 7 nitrogen and oxygen atoms in total. The molecule has 33 heavy (non-hydrogen) atoms. The van der Waals surface area contributed by atoms with E-state index in [2.05, 4.69) is 4.90 Å². The molecule has 0 aliphatic carbocycles. The van der Waals surface area contributed by atoms with Gasteiger partial charge in [-0.15, -0.1) is 0 Å². The second-order valence-corrected chi connectivity index (χ2v) is 9.50. The maximum atomic E-state index is 14.0. The maximum absolute atomic E-state index is 14.0. The summed E-state index contributed by atoms with van der Waals surface area (Å²) >= 11 is 0. The van der Waals surface area contributed by atoms with E-state index in [-0.39, 0.29) is 23.8 Å². The Morgan fingerprint density at radius 3 is 2.55 bits per heavy atom. The first-order valence-electron chi connectivity index (χ1n) is 11.7. The van der Waals surface area contributed by atoms with E-state index in [0.29, 0.717) is 24.6 Å². The van der Waals surface area contributed by atoms with E-state index in [1.54, 1.807) is 36.2 Å². The van der Waals surface area contributed by atoms with Gasteiger partial charge in [-0.2, -0.15) is 0 Å². The van der Waals surface area contributed by atoms with Crippen molar-refractivity contribution in [1.82, 2.24) is 4.90 Å². The number of likely N-dealkylation sites (N-methyl/N-ethyl adjacent to an activating group) is 1. The van der Waals surface area contributed by atoms with Gasteiger partial charge in [-0.05, 0) is 63.6 Å². The Kier molecular flexibility index (Phi) is 4.27. The number of carbonyl (C=O) groups is 3. The van der Waals surface area contributed by atoms with E-state index >= 15 is 0 Å². The first kappa shape index (κ1) is 20.4. The molecule has 7 heteroatoms. The Bertz CT molecular complexity index is 1190. The lowest BCUT2D eigenvalue weighted by atomic mass is 9.75. The summed E-state index contributed by atoms with van der Waals surface area (Å²) in [5, 5.41) is 0. The van der Waals surface area contributed by atoms with Gasteiger partial charge in [-0.3, -0.25) is 19.3 Å².